The van der Waals surface area contributed by atoms with Gasteiger partial charge in [-0.05, 0) is 37.8 Å². The zero-order valence-electron chi connectivity index (χ0n) is 10.3. The Hall–Kier alpha value is -1.13. The molecule has 0 aromatic carbocycles. The van der Waals surface area contributed by atoms with Crippen LogP contribution in [0.3, 0.4) is 0 Å². The molecule has 1 aliphatic rings. The molecule has 2 heterocycles. The van der Waals surface area contributed by atoms with Crippen LogP contribution in [0.4, 0.5) is 0 Å². The fraction of sp³-hybridized carbons (Fsp3) is 0.615. The highest BCUT2D eigenvalue weighted by molar-refractivity contribution is 5.27. The first-order valence-corrected chi connectivity index (χ1v) is 6.19. The van der Waals surface area contributed by atoms with Crippen molar-refractivity contribution in [2.75, 3.05) is 19.8 Å². The Labute approximate surface area is 102 Å². The minimum atomic E-state index is 0.267. The van der Waals surface area contributed by atoms with Crippen molar-refractivity contribution in [2.45, 2.75) is 26.3 Å². The topological polar surface area (TPSA) is 54.4 Å². The van der Waals surface area contributed by atoms with Gasteiger partial charge in [-0.1, -0.05) is 0 Å². The van der Waals surface area contributed by atoms with Gasteiger partial charge >= 0.3 is 0 Å². The Morgan fingerprint density at radius 2 is 2.41 bits per heavy atom. The first-order valence-electron chi connectivity index (χ1n) is 6.19. The van der Waals surface area contributed by atoms with Crippen LogP contribution < -0.4 is 5.32 Å². The Morgan fingerprint density at radius 1 is 1.53 bits per heavy atom. The van der Waals surface area contributed by atoms with E-state index in [9.17, 15) is 5.11 Å². The summed E-state index contributed by atoms with van der Waals surface area (Å²) in [6.07, 6.45) is 2.38. The maximum atomic E-state index is 9.64. The van der Waals surface area contributed by atoms with Crippen molar-refractivity contribution in [3.05, 3.63) is 23.5 Å². The number of nitrogens with one attached hydrogen (secondary N) is 1. The second kappa shape index (κ2) is 5.98. The van der Waals surface area contributed by atoms with Gasteiger partial charge in [0.05, 0.1) is 12.3 Å². The highest BCUT2D eigenvalue weighted by atomic mass is 16.5. The van der Waals surface area contributed by atoms with Gasteiger partial charge < -0.3 is 15.2 Å². The van der Waals surface area contributed by atoms with E-state index >= 15 is 0 Å². The summed E-state index contributed by atoms with van der Waals surface area (Å²) in [4.78, 5) is 4.31. The van der Waals surface area contributed by atoms with Crippen molar-refractivity contribution in [3.8, 4) is 5.75 Å². The average Bonchev–Trinajstić information content (AvgIpc) is 2.35. The predicted octanol–water partition coefficient (Wildman–Crippen LogP) is 1.61. The lowest BCUT2D eigenvalue weighted by atomic mass is 10.0. The summed E-state index contributed by atoms with van der Waals surface area (Å²) >= 11 is 0. The van der Waals surface area contributed by atoms with E-state index in [4.69, 9.17) is 4.74 Å². The fourth-order valence-electron chi connectivity index (χ4n) is 2.10. The van der Waals surface area contributed by atoms with E-state index < -0.39 is 0 Å². The number of rotatable bonds is 4. The molecule has 0 amide bonds. The summed E-state index contributed by atoms with van der Waals surface area (Å²) in [5, 5.41) is 13.0. The lowest BCUT2D eigenvalue weighted by Crippen LogP contribution is -2.29. The van der Waals surface area contributed by atoms with E-state index in [0.717, 1.165) is 37.6 Å². The van der Waals surface area contributed by atoms with Gasteiger partial charge in [-0.25, -0.2) is 0 Å². The van der Waals surface area contributed by atoms with Gasteiger partial charge in [0.15, 0.2) is 0 Å². The SMILES string of the molecule is Cc1ccc(O)c(CNC[C@H]2CCCOC2)n1. The number of ether oxygens (including phenoxy) is 1. The Kier molecular flexibility index (Phi) is 4.34. The third kappa shape index (κ3) is 3.68. The van der Waals surface area contributed by atoms with Crippen LogP contribution in [0.15, 0.2) is 12.1 Å². The van der Waals surface area contributed by atoms with Gasteiger partial charge in [-0.2, -0.15) is 0 Å². The van der Waals surface area contributed by atoms with E-state index in [1.165, 1.54) is 6.42 Å². The lowest BCUT2D eigenvalue weighted by molar-refractivity contribution is 0.0547. The zero-order valence-corrected chi connectivity index (χ0v) is 10.3. The molecule has 0 radical (unpaired) electrons. The number of aromatic nitrogens is 1. The van der Waals surface area contributed by atoms with E-state index in [1.54, 1.807) is 6.07 Å². The Balaban J connectivity index is 1.79. The highest BCUT2D eigenvalue weighted by Gasteiger charge is 2.13. The smallest absolute Gasteiger partial charge is 0.138 e. The minimum Gasteiger partial charge on any atom is -0.506 e. The summed E-state index contributed by atoms with van der Waals surface area (Å²) in [7, 11) is 0. The molecule has 4 nitrogen and oxygen atoms in total. The minimum absolute atomic E-state index is 0.267. The van der Waals surface area contributed by atoms with Crippen molar-refractivity contribution >= 4 is 0 Å². The molecule has 0 bridgehead atoms. The Bertz CT molecular complexity index is 362. The molecule has 4 heteroatoms. The molecule has 1 aromatic rings. The van der Waals surface area contributed by atoms with E-state index in [2.05, 4.69) is 10.3 Å². The molecule has 1 aliphatic heterocycles. The number of nitrogens with zero attached hydrogens (tertiary/aromatic N) is 1. The van der Waals surface area contributed by atoms with Gasteiger partial charge in [-0.3, -0.25) is 4.98 Å². The summed E-state index contributed by atoms with van der Waals surface area (Å²) in [6, 6.07) is 3.51. The van der Waals surface area contributed by atoms with E-state index in [1.807, 2.05) is 13.0 Å². The molecule has 1 atom stereocenters. The molecule has 94 valence electrons. The van der Waals surface area contributed by atoms with E-state index in [-0.39, 0.29) is 5.75 Å². The van der Waals surface area contributed by atoms with Gasteiger partial charge in [0.1, 0.15) is 5.75 Å². The third-order valence-corrected chi connectivity index (χ3v) is 3.07. The van der Waals surface area contributed by atoms with Crippen LogP contribution in [0.25, 0.3) is 0 Å². The van der Waals surface area contributed by atoms with Gasteiger partial charge in [0.2, 0.25) is 0 Å². The van der Waals surface area contributed by atoms with Crippen LogP contribution in [0.1, 0.15) is 24.2 Å². The summed E-state index contributed by atoms with van der Waals surface area (Å²) < 4.78 is 5.42. The molecule has 2 N–H and O–H groups in total. The molecule has 0 spiro atoms. The number of pyridine rings is 1. The lowest BCUT2D eigenvalue weighted by Gasteiger charge is -2.22. The molecule has 1 saturated heterocycles. The van der Waals surface area contributed by atoms with Gasteiger partial charge in [-0.15, -0.1) is 0 Å². The molecule has 1 aromatic heterocycles. The van der Waals surface area contributed by atoms with E-state index in [0.29, 0.717) is 12.5 Å². The van der Waals surface area contributed by atoms with Crippen LogP contribution in [0, 0.1) is 12.8 Å². The number of aromatic hydroxyl groups is 1. The summed E-state index contributed by atoms with van der Waals surface area (Å²) in [6.45, 7) is 5.22. The van der Waals surface area contributed by atoms with Gasteiger partial charge in [0, 0.05) is 25.4 Å². The summed E-state index contributed by atoms with van der Waals surface area (Å²) in [5.41, 5.74) is 1.65. The monoisotopic (exact) mass is 236 g/mol. The quantitative estimate of drug-likeness (QED) is 0.834. The standard InChI is InChI=1S/C13H20N2O2/c1-10-4-5-13(16)12(15-10)8-14-7-11-3-2-6-17-9-11/h4-5,11,14,16H,2-3,6-9H2,1H3/t11-/m1/s1. The molecular formula is C13H20N2O2. The number of hydrogen-bond donors (Lipinski definition) is 2. The van der Waals surface area contributed by atoms with Crippen molar-refractivity contribution < 1.29 is 9.84 Å². The second-order valence-corrected chi connectivity index (χ2v) is 4.63. The van der Waals surface area contributed by atoms with Crippen molar-refractivity contribution in [3.63, 3.8) is 0 Å². The molecule has 1 fully saturated rings. The third-order valence-electron chi connectivity index (χ3n) is 3.07. The van der Waals surface area contributed by atoms with Gasteiger partial charge in [0.25, 0.3) is 0 Å². The maximum absolute atomic E-state index is 9.64. The molecule has 17 heavy (non-hydrogen) atoms. The highest BCUT2D eigenvalue weighted by Crippen LogP contribution is 2.15. The van der Waals surface area contributed by atoms with Crippen molar-refractivity contribution in [1.82, 2.24) is 10.3 Å². The molecule has 0 saturated carbocycles. The van der Waals surface area contributed by atoms with Crippen molar-refractivity contribution in [1.29, 1.82) is 0 Å². The molecule has 0 unspecified atom stereocenters. The first-order chi connectivity index (χ1) is 8.25. The fourth-order valence-corrected chi connectivity index (χ4v) is 2.10. The normalized spacial score (nSPS) is 20.4. The van der Waals surface area contributed by atoms with Crippen LogP contribution >= 0.6 is 0 Å². The average molecular weight is 236 g/mol. The van der Waals surface area contributed by atoms with Crippen LogP contribution in [-0.2, 0) is 11.3 Å². The van der Waals surface area contributed by atoms with Crippen LogP contribution in [0.5, 0.6) is 5.75 Å². The largest absolute Gasteiger partial charge is 0.506 e. The molecule has 2 rings (SSSR count). The maximum Gasteiger partial charge on any atom is 0.138 e. The number of aryl methyl sites for hydroxylation is 1. The Morgan fingerprint density at radius 3 is 3.18 bits per heavy atom. The molecular weight excluding hydrogens is 216 g/mol. The molecule has 0 aliphatic carbocycles. The van der Waals surface area contributed by atoms with Crippen molar-refractivity contribution in [2.24, 2.45) is 5.92 Å². The van der Waals surface area contributed by atoms with Crippen LogP contribution in [0.2, 0.25) is 0 Å². The first kappa shape index (κ1) is 12.3. The predicted molar refractivity (Wildman–Crippen MR) is 65.9 cm³/mol. The summed E-state index contributed by atoms with van der Waals surface area (Å²) in [5.74, 6) is 0.860. The number of hydrogen-bond acceptors (Lipinski definition) is 4. The zero-order chi connectivity index (χ0) is 12.1. The van der Waals surface area contributed by atoms with Crippen LogP contribution in [-0.4, -0.2) is 29.8 Å². The second-order valence-electron chi connectivity index (χ2n) is 4.63.